The summed E-state index contributed by atoms with van der Waals surface area (Å²) in [5, 5.41) is 3.20. The van der Waals surface area contributed by atoms with E-state index in [9.17, 15) is 4.79 Å². The van der Waals surface area contributed by atoms with Crippen molar-refractivity contribution in [1.29, 1.82) is 0 Å². The molecule has 0 saturated carbocycles. The van der Waals surface area contributed by atoms with Crippen molar-refractivity contribution >= 4 is 5.91 Å². The van der Waals surface area contributed by atoms with Gasteiger partial charge in [-0.3, -0.25) is 4.79 Å². The Kier molecular flexibility index (Phi) is 5.44. The Morgan fingerprint density at radius 1 is 1.29 bits per heavy atom. The lowest BCUT2D eigenvalue weighted by Gasteiger charge is -2.38. The molecule has 1 aliphatic rings. The molecular formula is C14H28N2O. The average Bonchev–Trinajstić information content (AvgIpc) is 2.28. The van der Waals surface area contributed by atoms with Crippen LogP contribution in [0.2, 0.25) is 0 Å². The van der Waals surface area contributed by atoms with Gasteiger partial charge in [0.2, 0.25) is 5.91 Å². The molecule has 0 aliphatic carbocycles. The first-order valence-corrected chi connectivity index (χ1v) is 6.93. The number of piperidine rings is 1. The molecule has 1 fully saturated rings. The fourth-order valence-corrected chi connectivity index (χ4v) is 2.53. The summed E-state index contributed by atoms with van der Waals surface area (Å²) in [6.07, 6.45) is 2.97. The summed E-state index contributed by atoms with van der Waals surface area (Å²) in [6, 6.07) is 0. The molecule has 0 aromatic carbocycles. The Labute approximate surface area is 106 Å². The lowest BCUT2D eigenvalue weighted by molar-refractivity contribution is -0.133. The number of amides is 1. The van der Waals surface area contributed by atoms with Crippen LogP contribution in [0.15, 0.2) is 0 Å². The first kappa shape index (κ1) is 14.5. The van der Waals surface area contributed by atoms with Crippen molar-refractivity contribution in [1.82, 2.24) is 10.2 Å². The van der Waals surface area contributed by atoms with E-state index in [1.54, 1.807) is 0 Å². The summed E-state index contributed by atoms with van der Waals surface area (Å²) in [4.78, 5) is 14.0. The Hall–Kier alpha value is -0.570. The predicted octanol–water partition coefficient (Wildman–Crippen LogP) is 2.27. The predicted molar refractivity (Wildman–Crippen MR) is 71.9 cm³/mol. The number of carbonyl (C=O) groups excluding carboxylic acids is 1. The highest BCUT2D eigenvalue weighted by molar-refractivity contribution is 5.76. The van der Waals surface area contributed by atoms with Crippen molar-refractivity contribution in [2.45, 2.75) is 47.0 Å². The second kappa shape index (κ2) is 6.39. The highest BCUT2D eigenvalue weighted by Crippen LogP contribution is 2.34. The van der Waals surface area contributed by atoms with Gasteiger partial charge in [-0.2, -0.15) is 0 Å². The molecule has 1 saturated heterocycles. The number of hydrogen-bond donors (Lipinski definition) is 1. The molecule has 1 heterocycles. The van der Waals surface area contributed by atoms with Gasteiger partial charge in [-0.1, -0.05) is 27.7 Å². The Balaban J connectivity index is 2.29. The topological polar surface area (TPSA) is 32.3 Å². The first-order chi connectivity index (χ1) is 7.95. The SMILES string of the molecule is CCNCCC(=O)N1CCC(C(C)(C)C)CC1. The molecule has 1 rings (SSSR count). The molecule has 100 valence electrons. The maximum absolute atomic E-state index is 11.9. The summed E-state index contributed by atoms with van der Waals surface area (Å²) in [5.74, 6) is 1.08. The van der Waals surface area contributed by atoms with Crippen LogP contribution in [0.3, 0.4) is 0 Å². The van der Waals surface area contributed by atoms with Gasteiger partial charge >= 0.3 is 0 Å². The molecule has 1 amide bonds. The smallest absolute Gasteiger partial charge is 0.223 e. The first-order valence-electron chi connectivity index (χ1n) is 6.93. The third-order valence-corrected chi connectivity index (χ3v) is 3.84. The molecule has 17 heavy (non-hydrogen) atoms. The highest BCUT2D eigenvalue weighted by atomic mass is 16.2. The van der Waals surface area contributed by atoms with Crippen LogP contribution in [0, 0.1) is 11.3 Å². The zero-order chi connectivity index (χ0) is 12.9. The van der Waals surface area contributed by atoms with E-state index in [4.69, 9.17) is 0 Å². The normalized spacial score (nSPS) is 18.5. The van der Waals surface area contributed by atoms with Gasteiger partial charge in [-0.15, -0.1) is 0 Å². The lowest BCUT2D eigenvalue weighted by atomic mass is 9.75. The van der Waals surface area contributed by atoms with Gasteiger partial charge in [-0.25, -0.2) is 0 Å². The van der Waals surface area contributed by atoms with Crippen LogP contribution in [-0.2, 0) is 4.79 Å². The van der Waals surface area contributed by atoms with Crippen molar-refractivity contribution in [3.63, 3.8) is 0 Å². The summed E-state index contributed by atoms with van der Waals surface area (Å²) < 4.78 is 0. The minimum absolute atomic E-state index is 0.318. The number of hydrogen-bond acceptors (Lipinski definition) is 2. The largest absolute Gasteiger partial charge is 0.343 e. The van der Waals surface area contributed by atoms with Crippen LogP contribution in [0.25, 0.3) is 0 Å². The quantitative estimate of drug-likeness (QED) is 0.765. The zero-order valence-electron chi connectivity index (χ0n) is 11.9. The van der Waals surface area contributed by atoms with Crippen LogP contribution < -0.4 is 5.32 Å². The minimum atomic E-state index is 0.318. The molecule has 0 radical (unpaired) electrons. The van der Waals surface area contributed by atoms with Crippen molar-refractivity contribution in [3.8, 4) is 0 Å². The van der Waals surface area contributed by atoms with E-state index in [0.717, 1.165) is 44.9 Å². The van der Waals surface area contributed by atoms with E-state index in [1.165, 1.54) is 0 Å². The van der Waals surface area contributed by atoms with Crippen LogP contribution in [-0.4, -0.2) is 37.0 Å². The fraction of sp³-hybridized carbons (Fsp3) is 0.929. The number of carbonyl (C=O) groups is 1. The third-order valence-electron chi connectivity index (χ3n) is 3.84. The fourth-order valence-electron chi connectivity index (χ4n) is 2.53. The molecule has 0 spiro atoms. The molecular weight excluding hydrogens is 212 g/mol. The van der Waals surface area contributed by atoms with E-state index >= 15 is 0 Å². The zero-order valence-corrected chi connectivity index (χ0v) is 11.9. The standard InChI is InChI=1S/C14H28N2O/c1-5-15-9-6-13(17)16-10-7-12(8-11-16)14(2,3)4/h12,15H,5-11H2,1-4H3. The van der Waals surface area contributed by atoms with Gasteiger partial charge in [0, 0.05) is 26.1 Å². The second-order valence-electron chi connectivity index (χ2n) is 6.12. The molecule has 3 heteroatoms. The maximum Gasteiger partial charge on any atom is 0.223 e. The molecule has 3 nitrogen and oxygen atoms in total. The minimum Gasteiger partial charge on any atom is -0.343 e. The molecule has 1 N–H and O–H groups in total. The molecule has 1 aliphatic heterocycles. The maximum atomic E-state index is 11.9. The van der Waals surface area contributed by atoms with Crippen LogP contribution in [0.4, 0.5) is 0 Å². The molecule has 0 atom stereocenters. The molecule has 0 unspecified atom stereocenters. The van der Waals surface area contributed by atoms with E-state index in [0.29, 0.717) is 17.7 Å². The third kappa shape index (κ3) is 4.66. The van der Waals surface area contributed by atoms with E-state index in [-0.39, 0.29) is 0 Å². The van der Waals surface area contributed by atoms with Gasteiger partial charge in [0.15, 0.2) is 0 Å². The monoisotopic (exact) mass is 240 g/mol. The molecule has 0 aromatic heterocycles. The number of likely N-dealkylation sites (tertiary alicyclic amines) is 1. The molecule has 0 bridgehead atoms. The van der Waals surface area contributed by atoms with Crippen molar-refractivity contribution in [3.05, 3.63) is 0 Å². The lowest BCUT2D eigenvalue weighted by Crippen LogP contribution is -2.42. The van der Waals surface area contributed by atoms with Crippen LogP contribution in [0.5, 0.6) is 0 Å². The summed E-state index contributed by atoms with van der Waals surface area (Å²) in [7, 11) is 0. The second-order valence-corrected chi connectivity index (χ2v) is 6.12. The summed E-state index contributed by atoms with van der Waals surface area (Å²) >= 11 is 0. The number of nitrogens with one attached hydrogen (secondary N) is 1. The molecule has 0 aromatic rings. The number of rotatable bonds is 4. The Bertz CT molecular complexity index is 237. The van der Waals surface area contributed by atoms with Gasteiger partial charge in [0.05, 0.1) is 0 Å². The van der Waals surface area contributed by atoms with Gasteiger partial charge in [-0.05, 0) is 30.7 Å². The summed E-state index contributed by atoms with van der Waals surface area (Å²) in [5.41, 5.74) is 0.388. The highest BCUT2D eigenvalue weighted by Gasteiger charge is 2.29. The van der Waals surface area contributed by atoms with Crippen LogP contribution >= 0.6 is 0 Å². The average molecular weight is 240 g/mol. The van der Waals surface area contributed by atoms with Gasteiger partial charge < -0.3 is 10.2 Å². The van der Waals surface area contributed by atoms with Crippen molar-refractivity contribution in [2.75, 3.05) is 26.2 Å². The van der Waals surface area contributed by atoms with E-state index in [2.05, 4.69) is 33.0 Å². The van der Waals surface area contributed by atoms with Gasteiger partial charge in [0.25, 0.3) is 0 Å². The van der Waals surface area contributed by atoms with Gasteiger partial charge in [0.1, 0.15) is 0 Å². The van der Waals surface area contributed by atoms with E-state index in [1.807, 2.05) is 4.90 Å². The Morgan fingerprint density at radius 3 is 2.35 bits per heavy atom. The number of nitrogens with zero attached hydrogens (tertiary/aromatic N) is 1. The summed E-state index contributed by atoms with van der Waals surface area (Å²) in [6.45, 7) is 12.6. The van der Waals surface area contributed by atoms with Crippen LogP contribution in [0.1, 0.15) is 47.0 Å². The van der Waals surface area contributed by atoms with E-state index < -0.39 is 0 Å². The Morgan fingerprint density at radius 2 is 1.88 bits per heavy atom. The van der Waals surface area contributed by atoms with Crippen molar-refractivity contribution in [2.24, 2.45) is 11.3 Å². The van der Waals surface area contributed by atoms with Crippen molar-refractivity contribution < 1.29 is 4.79 Å².